The number of carboxylic acids is 1. The molecule has 0 fully saturated rings. The number of rotatable bonds is 8. The summed E-state index contributed by atoms with van der Waals surface area (Å²) in [5.74, 6) is -1.44. The first-order valence-electron chi connectivity index (χ1n) is 5.70. The van der Waals surface area contributed by atoms with Crippen molar-refractivity contribution in [2.75, 3.05) is 6.61 Å². The molecule has 7 nitrogen and oxygen atoms in total. The number of esters is 1. The zero-order chi connectivity index (χ0) is 14.0. The molecule has 0 heterocycles. The molecular formula is C11H18O7. The summed E-state index contributed by atoms with van der Waals surface area (Å²) in [6.07, 6.45) is -1.000. The molecular weight excluding hydrogens is 244 g/mol. The lowest BCUT2D eigenvalue weighted by molar-refractivity contribution is -0.168. The Hall–Kier alpha value is -1.79. The molecule has 0 radical (unpaired) electrons. The molecule has 0 saturated carbocycles. The molecule has 0 amide bonds. The van der Waals surface area contributed by atoms with Crippen molar-refractivity contribution < 1.29 is 33.7 Å². The van der Waals surface area contributed by atoms with Crippen molar-refractivity contribution in [1.29, 1.82) is 0 Å². The quantitative estimate of drug-likeness (QED) is 0.403. The number of ether oxygens (including phenoxy) is 3. The van der Waals surface area contributed by atoms with Crippen LogP contribution in [0.15, 0.2) is 0 Å². The second kappa shape index (κ2) is 9.26. The predicted octanol–water partition coefficient (Wildman–Crippen LogP) is 1.69. The van der Waals surface area contributed by atoms with E-state index in [1.807, 2.05) is 0 Å². The van der Waals surface area contributed by atoms with Gasteiger partial charge in [0.2, 0.25) is 6.29 Å². The average Bonchev–Trinajstić information content (AvgIpc) is 2.24. The molecule has 0 aromatic carbocycles. The van der Waals surface area contributed by atoms with Crippen molar-refractivity contribution in [3.63, 3.8) is 0 Å². The van der Waals surface area contributed by atoms with Crippen molar-refractivity contribution in [3.8, 4) is 0 Å². The minimum Gasteiger partial charge on any atom is -0.481 e. The van der Waals surface area contributed by atoms with Crippen molar-refractivity contribution >= 4 is 18.1 Å². The number of hydrogen-bond donors (Lipinski definition) is 1. The topological polar surface area (TPSA) is 99.1 Å². The second-order valence-corrected chi connectivity index (χ2v) is 3.46. The highest BCUT2D eigenvalue weighted by Gasteiger charge is 2.14. The normalized spacial score (nSPS) is 11.4. The SMILES string of the molecule is CCOC(=O)OC(C)OC(=O)CCCCC(=O)O. The van der Waals surface area contributed by atoms with Crippen molar-refractivity contribution in [1.82, 2.24) is 0 Å². The van der Waals surface area contributed by atoms with Gasteiger partial charge < -0.3 is 19.3 Å². The van der Waals surface area contributed by atoms with Crippen LogP contribution in [0.5, 0.6) is 0 Å². The highest BCUT2D eigenvalue weighted by atomic mass is 16.8. The first-order valence-corrected chi connectivity index (χ1v) is 5.70. The Balaban J connectivity index is 3.67. The Labute approximate surface area is 105 Å². The van der Waals surface area contributed by atoms with E-state index in [4.69, 9.17) is 9.84 Å². The molecule has 1 atom stereocenters. The van der Waals surface area contributed by atoms with Gasteiger partial charge in [-0.25, -0.2) is 4.79 Å². The van der Waals surface area contributed by atoms with E-state index in [0.29, 0.717) is 12.8 Å². The molecule has 0 aliphatic carbocycles. The van der Waals surface area contributed by atoms with Gasteiger partial charge in [-0.15, -0.1) is 0 Å². The Kier molecular flexibility index (Phi) is 8.34. The summed E-state index contributed by atoms with van der Waals surface area (Å²) >= 11 is 0. The van der Waals surface area contributed by atoms with Crippen LogP contribution in [0.3, 0.4) is 0 Å². The number of aliphatic carboxylic acids is 1. The summed E-state index contributed by atoms with van der Waals surface area (Å²) in [4.78, 5) is 32.3. The largest absolute Gasteiger partial charge is 0.511 e. The van der Waals surface area contributed by atoms with E-state index < -0.39 is 24.4 Å². The van der Waals surface area contributed by atoms with Crippen LogP contribution >= 0.6 is 0 Å². The van der Waals surface area contributed by atoms with Gasteiger partial charge in [-0.2, -0.15) is 0 Å². The highest BCUT2D eigenvalue weighted by Crippen LogP contribution is 2.04. The summed E-state index contributed by atoms with van der Waals surface area (Å²) in [6, 6.07) is 0. The highest BCUT2D eigenvalue weighted by molar-refractivity contribution is 5.70. The Morgan fingerprint density at radius 2 is 1.72 bits per heavy atom. The van der Waals surface area contributed by atoms with E-state index in [1.165, 1.54) is 6.92 Å². The first kappa shape index (κ1) is 16.2. The molecule has 0 rings (SSSR count). The zero-order valence-corrected chi connectivity index (χ0v) is 10.5. The van der Waals surface area contributed by atoms with E-state index in [1.54, 1.807) is 6.92 Å². The fraction of sp³-hybridized carbons (Fsp3) is 0.727. The maximum absolute atomic E-state index is 11.2. The lowest BCUT2D eigenvalue weighted by Crippen LogP contribution is -2.22. The Bertz CT molecular complexity index is 287. The van der Waals surface area contributed by atoms with Gasteiger partial charge in [0, 0.05) is 19.8 Å². The predicted molar refractivity (Wildman–Crippen MR) is 59.8 cm³/mol. The van der Waals surface area contributed by atoms with Crippen LogP contribution in [0, 0.1) is 0 Å². The van der Waals surface area contributed by atoms with Crippen LogP contribution in [-0.4, -0.2) is 36.1 Å². The molecule has 104 valence electrons. The third-order valence-electron chi connectivity index (χ3n) is 1.84. The monoisotopic (exact) mass is 262 g/mol. The molecule has 1 N–H and O–H groups in total. The van der Waals surface area contributed by atoms with Crippen LogP contribution < -0.4 is 0 Å². The number of carboxylic acid groups (broad SMARTS) is 1. The number of unbranched alkanes of at least 4 members (excludes halogenated alkanes) is 1. The summed E-state index contributed by atoms with van der Waals surface area (Å²) in [5, 5.41) is 8.39. The van der Waals surface area contributed by atoms with Crippen LogP contribution in [-0.2, 0) is 23.8 Å². The second-order valence-electron chi connectivity index (χ2n) is 3.46. The van der Waals surface area contributed by atoms with Crippen LogP contribution in [0.25, 0.3) is 0 Å². The van der Waals surface area contributed by atoms with Crippen molar-refractivity contribution in [3.05, 3.63) is 0 Å². The molecule has 0 saturated heterocycles. The Morgan fingerprint density at radius 3 is 2.28 bits per heavy atom. The maximum Gasteiger partial charge on any atom is 0.511 e. The fourth-order valence-electron chi connectivity index (χ4n) is 1.10. The smallest absolute Gasteiger partial charge is 0.481 e. The van der Waals surface area contributed by atoms with Crippen LogP contribution in [0.1, 0.15) is 39.5 Å². The lowest BCUT2D eigenvalue weighted by atomic mass is 10.2. The van der Waals surface area contributed by atoms with E-state index in [-0.39, 0.29) is 19.4 Å². The first-order chi connectivity index (χ1) is 8.45. The van der Waals surface area contributed by atoms with Gasteiger partial charge >= 0.3 is 18.1 Å². The van der Waals surface area contributed by atoms with Crippen LogP contribution in [0.2, 0.25) is 0 Å². The van der Waals surface area contributed by atoms with Gasteiger partial charge in [-0.3, -0.25) is 9.59 Å². The number of hydrogen-bond acceptors (Lipinski definition) is 6. The minimum absolute atomic E-state index is 0.0160. The van der Waals surface area contributed by atoms with Gasteiger partial charge in [0.15, 0.2) is 0 Å². The van der Waals surface area contributed by atoms with Gasteiger partial charge in [-0.1, -0.05) is 0 Å². The molecule has 0 spiro atoms. The van der Waals surface area contributed by atoms with E-state index in [2.05, 4.69) is 9.47 Å². The lowest BCUT2D eigenvalue weighted by Gasteiger charge is -2.13. The van der Waals surface area contributed by atoms with Gasteiger partial charge in [0.1, 0.15) is 0 Å². The molecule has 1 unspecified atom stereocenters. The van der Waals surface area contributed by atoms with E-state index >= 15 is 0 Å². The fourth-order valence-corrected chi connectivity index (χ4v) is 1.10. The van der Waals surface area contributed by atoms with E-state index in [9.17, 15) is 14.4 Å². The minimum atomic E-state index is -1.02. The average molecular weight is 262 g/mol. The standard InChI is InChI=1S/C11H18O7/c1-3-16-11(15)18-8(2)17-10(14)7-5-4-6-9(12)13/h8H,3-7H2,1-2H3,(H,12,13). The summed E-state index contributed by atoms with van der Waals surface area (Å²) in [6.45, 7) is 3.20. The molecule has 0 aromatic heterocycles. The molecule has 0 bridgehead atoms. The maximum atomic E-state index is 11.2. The molecule has 18 heavy (non-hydrogen) atoms. The molecule has 0 aliphatic rings. The Morgan fingerprint density at radius 1 is 1.11 bits per heavy atom. The summed E-state index contributed by atoms with van der Waals surface area (Å²) in [5.41, 5.74) is 0. The molecule has 7 heteroatoms. The molecule has 0 aromatic rings. The zero-order valence-electron chi connectivity index (χ0n) is 10.5. The summed E-state index contributed by atoms with van der Waals surface area (Å²) in [7, 11) is 0. The van der Waals surface area contributed by atoms with Gasteiger partial charge in [-0.05, 0) is 19.8 Å². The third kappa shape index (κ3) is 9.44. The van der Waals surface area contributed by atoms with Crippen molar-refractivity contribution in [2.45, 2.75) is 45.8 Å². The number of carbonyl (C=O) groups is 3. The third-order valence-corrected chi connectivity index (χ3v) is 1.84. The summed E-state index contributed by atoms with van der Waals surface area (Å²) < 4.78 is 13.9. The van der Waals surface area contributed by atoms with Gasteiger partial charge in [0.25, 0.3) is 0 Å². The number of carbonyl (C=O) groups excluding carboxylic acids is 2. The van der Waals surface area contributed by atoms with E-state index in [0.717, 1.165) is 0 Å². The van der Waals surface area contributed by atoms with Gasteiger partial charge in [0.05, 0.1) is 6.61 Å². The molecule has 0 aliphatic heterocycles. The van der Waals surface area contributed by atoms with Crippen molar-refractivity contribution in [2.24, 2.45) is 0 Å². The van der Waals surface area contributed by atoms with Crippen LogP contribution in [0.4, 0.5) is 4.79 Å².